The van der Waals surface area contributed by atoms with E-state index in [4.69, 9.17) is 17.9 Å². The first-order valence-corrected chi connectivity index (χ1v) is 3.58. The molecule has 0 saturated carbocycles. The molecule has 1 rings (SSSR count). The zero-order chi connectivity index (χ0) is 6.85. The van der Waals surface area contributed by atoms with Gasteiger partial charge in [0.15, 0.2) is 0 Å². The maximum atomic E-state index is 8.37. The summed E-state index contributed by atoms with van der Waals surface area (Å²) in [5.41, 5.74) is 0.366. The Bertz CT molecular complexity index is 244. The van der Waals surface area contributed by atoms with Gasteiger partial charge in [0.1, 0.15) is 0 Å². The minimum Gasteiger partial charge on any atom is -0.760 e. The molecule has 0 atom stereocenters. The summed E-state index contributed by atoms with van der Waals surface area (Å²) in [4.78, 5) is 0. The van der Waals surface area contributed by atoms with E-state index in [1.165, 1.54) is 0 Å². The first kappa shape index (κ1) is 10.6. The van der Waals surface area contributed by atoms with Crippen molar-refractivity contribution in [1.82, 2.24) is 4.37 Å². The summed E-state index contributed by atoms with van der Waals surface area (Å²) >= 11 is 10.5. The van der Waals surface area contributed by atoms with Gasteiger partial charge in [0.05, 0.1) is 6.07 Å². The number of rotatable bonds is 0. The van der Waals surface area contributed by atoms with Crippen molar-refractivity contribution < 1.29 is 29.6 Å². The largest absolute Gasteiger partial charge is 1.00 e. The van der Waals surface area contributed by atoms with Crippen molar-refractivity contribution in [2.45, 2.75) is 9.24 Å². The van der Waals surface area contributed by atoms with Crippen molar-refractivity contribution in [3.05, 3.63) is 5.56 Å². The van der Waals surface area contributed by atoms with Gasteiger partial charge in [-0.1, -0.05) is 9.24 Å². The second kappa shape index (κ2) is 4.44. The summed E-state index contributed by atoms with van der Waals surface area (Å²) < 4.78 is 4.21. The van der Waals surface area contributed by atoms with Crippen LogP contribution in [0.5, 0.6) is 0 Å². The molecular formula is C4N2NaS3-. The Morgan fingerprint density at radius 2 is 2.10 bits per heavy atom. The Balaban J connectivity index is 0.000000810. The molecule has 0 fully saturated rings. The van der Waals surface area contributed by atoms with Gasteiger partial charge in [-0.2, -0.15) is 5.26 Å². The maximum Gasteiger partial charge on any atom is 1.00 e. The number of hydrogen-bond acceptors (Lipinski definition) is 5. The number of nitrogens with zero attached hydrogens (tertiary/aromatic N) is 2. The molecule has 0 saturated heterocycles. The predicted molar refractivity (Wildman–Crippen MR) is 38.1 cm³/mol. The minimum atomic E-state index is 0. The summed E-state index contributed by atoms with van der Waals surface area (Å²) in [7, 11) is 0. The fourth-order valence-electron chi connectivity index (χ4n) is 0.355. The van der Waals surface area contributed by atoms with Crippen LogP contribution in [0.1, 0.15) is 5.56 Å². The van der Waals surface area contributed by atoms with Gasteiger partial charge in [-0.25, -0.2) is 0 Å². The molecule has 2 nitrogen and oxygen atoms in total. The third-order valence-electron chi connectivity index (χ3n) is 0.741. The second-order valence-corrected chi connectivity index (χ2v) is 3.09. The average Bonchev–Trinajstić information content (AvgIpc) is 2.12. The van der Waals surface area contributed by atoms with E-state index in [9.17, 15) is 0 Å². The Labute approximate surface area is 95.9 Å². The molecule has 1 heterocycles. The molecule has 0 aliphatic carbocycles. The molecule has 46 valence electrons. The SMILES string of the molecule is N#Cc1c([S-])nsc1[S-].[Na+]. The van der Waals surface area contributed by atoms with Crippen molar-refractivity contribution in [3.8, 4) is 6.07 Å². The quantitative estimate of drug-likeness (QED) is 0.349. The van der Waals surface area contributed by atoms with Gasteiger partial charge in [0.25, 0.3) is 0 Å². The van der Waals surface area contributed by atoms with E-state index in [0.29, 0.717) is 14.8 Å². The molecule has 6 heteroatoms. The molecule has 0 aliphatic rings. The molecule has 0 N–H and O–H groups in total. The third kappa shape index (κ3) is 2.02. The second-order valence-electron chi connectivity index (χ2n) is 1.26. The van der Waals surface area contributed by atoms with E-state index in [2.05, 4.69) is 17.0 Å². The van der Waals surface area contributed by atoms with Gasteiger partial charge in [0.2, 0.25) is 0 Å². The van der Waals surface area contributed by atoms with E-state index >= 15 is 0 Å². The van der Waals surface area contributed by atoms with Gasteiger partial charge in [-0.15, -0.1) is 0 Å². The van der Waals surface area contributed by atoms with Crippen LogP contribution in [0.15, 0.2) is 9.24 Å². The van der Waals surface area contributed by atoms with Crippen LogP contribution in [-0.2, 0) is 25.3 Å². The molecule has 0 bridgehead atoms. The van der Waals surface area contributed by atoms with Gasteiger partial charge < -0.3 is 29.6 Å². The first-order valence-electron chi connectivity index (χ1n) is 1.99. The van der Waals surface area contributed by atoms with Crippen LogP contribution < -0.4 is 29.6 Å². The number of nitriles is 1. The van der Waals surface area contributed by atoms with Crippen LogP contribution in [0.25, 0.3) is 0 Å². The molecule has 1 aromatic rings. The van der Waals surface area contributed by atoms with Crippen molar-refractivity contribution >= 4 is 36.8 Å². The molecule has 0 amide bonds. The predicted octanol–water partition coefficient (Wildman–Crippen LogP) is -2.17. The molecular weight excluding hydrogens is 195 g/mol. The standard InChI is InChI=1S/C4H2N2S3.Na/c5-1-2-3(7)6-9-4(2)8;/h8H,(H,6,7);/q;+1/p-2. The number of aromatic nitrogens is 1. The molecule has 0 unspecified atom stereocenters. The summed E-state index contributed by atoms with van der Waals surface area (Å²) in [5, 5.41) is 8.70. The number of hydrogen-bond donors (Lipinski definition) is 0. The molecule has 0 spiro atoms. The smallest absolute Gasteiger partial charge is 0.760 e. The molecule has 0 radical (unpaired) electrons. The fraction of sp³-hybridized carbons (Fsp3) is 0. The molecule has 0 aromatic carbocycles. The maximum absolute atomic E-state index is 8.37. The van der Waals surface area contributed by atoms with Crippen molar-refractivity contribution in [3.63, 3.8) is 0 Å². The van der Waals surface area contributed by atoms with Crippen LogP contribution >= 0.6 is 11.5 Å². The van der Waals surface area contributed by atoms with Crippen LogP contribution in [0.3, 0.4) is 0 Å². The van der Waals surface area contributed by atoms with Gasteiger partial charge >= 0.3 is 29.6 Å². The normalized spacial score (nSPS) is 7.90. The van der Waals surface area contributed by atoms with Gasteiger partial charge in [-0.3, -0.25) is 11.5 Å². The van der Waals surface area contributed by atoms with Gasteiger partial charge in [-0.05, 0) is 0 Å². The van der Waals surface area contributed by atoms with Crippen LogP contribution in [-0.4, -0.2) is 4.37 Å². The zero-order valence-corrected chi connectivity index (χ0v) is 9.57. The monoisotopic (exact) mass is 195 g/mol. The minimum absolute atomic E-state index is 0. The van der Waals surface area contributed by atoms with Crippen LogP contribution in [0.4, 0.5) is 0 Å². The molecule has 0 aliphatic heterocycles. The van der Waals surface area contributed by atoms with E-state index < -0.39 is 0 Å². The van der Waals surface area contributed by atoms with Crippen molar-refractivity contribution in [1.29, 1.82) is 5.26 Å². The molecule has 1 aromatic heterocycles. The van der Waals surface area contributed by atoms with E-state index in [1.54, 1.807) is 0 Å². The Morgan fingerprint density at radius 3 is 2.30 bits per heavy atom. The topological polar surface area (TPSA) is 36.7 Å². The fourth-order valence-corrected chi connectivity index (χ4v) is 1.49. The van der Waals surface area contributed by atoms with E-state index in [1.807, 2.05) is 6.07 Å². The summed E-state index contributed by atoms with van der Waals surface area (Å²) in [5.74, 6) is 0. The Hall–Kier alpha value is 0.560. The van der Waals surface area contributed by atoms with Crippen molar-refractivity contribution in [2.24, 2.45) is 0 Å². The first-order chi connectivity index (χ1) is 4.25. The Kier molecular flexibility index (Phi) is 4.69. The van der Waals surface area contributed by atoms with E-state index in [0.717, 1.165) is 11.5 Å². The average molecular weight is 195 g/mol. The zero-order valence-electron chi connectivity index (χ0n) is 5.12. The summed E-state index contributed by atoms with van der Waals surface area (Å²) in [6.45, 7) is 0. The van der Waals surface area contributed by atoms with Crippen molar-refractivity contribution in [2.75, 3.05) is 0 Å². The van der Waals surface area contributed by atoms with Gasteiger partial charge in [0, 0.05) is 5.56 Å². The Morgan fingerprint density at radius 1 is 1.50 bits per heavy atom. The summed E-state index contributed by atoms with van der Waals surface area (Å²) in [6.07, 6.45) is 0. The summed E-state index contributed by atoms with van der Waals surface area (Å²) in [6, 6.07) is 1.88. The van der Waals surface area contributed by atoms with E-state index in [-0.39, 0.29) is 29.6 Å². The third-order valence-corrected chi connectivity index (χ3v) is 2.22. The molecule has 10 heavy (non-hydrogen) atoms. The van der Waals surface area contributed by atoms with Crippen LogP contribution in [0.2, 0.25) is 0 Å². The van der Waals surface area contributed by atoms with Crippen LogP contribution in [0, 0.1) is 11.3 Å².